The van der Waals surface area contributed by atoms with Gasteiger partial charge in [0.2, 0.25) is 0 Å². The van der Waals surface area contributed by atoms with Crippen LogP contribution in [0.5, 0.6) is 0 Å². The van der Waals surface area contributed by atoms with E-state index in [0.717, 1.165) is 18.4 Å². The van der Waals surface area contributed by atoms with Crippen molar-refractivity contribution in [1.29, 1.82) is 0 Å². The van der Waals surface area contributed by atoms with E-state index < -0.39 is 13.9 Å². The summed E-state index contributed by atoms with van der Waals surface area (Å²) < 4.78 is 6.70. The largest absolute Gasteiger partial charge is 0.559 e. The minimum Gasteiger partial charge on any atom is -0.559 e. The maximum Gasteiger partial charge on any atom is 0.0919 e. The third-order valence-electron chi connectivity index (χ3n) is 6.44. The van der Waals surface area contributed by atoms with Crippen molar-refractivity contribution >= 4 is 8.32 Å². The Morgan fingerprint density at radius 3 is 2.12 bits per heavy atom. The lowest BCUT2D eigenvalue weighted by molar-refractivity contribution is -0.0476. The average Bonchev–Trinajstić information content (AvgIpc) is 2.78. The third kappa shape index (κ3) is 3.36. The summed E-state index contributed by atoms with van der Waals surface area (Å²) in [4.78, 5) is 0. The molecule has 0 saturated carbocycles. The van der Waals surface area contributed by atoms with Crippen molar-refractivity contribution in [3.05, 3.63) is 34.9 Å². The van der Waals surface area contributed by atoms with Gasteiger partial charge in [-0.3, -0.25) is 0 Å². The molecule has 0 saturated heterocycles. The summed E-state index contributed by atoms with van der Waals surface area (Å²) in [5.41, 5.74) is 2.63. The third-order valence-corrected chi connectivity index (χ3v) is 10.9. The number of fused-ring (bicyclic) bond motifs is 1. The van der Waals surface area contributed by atoms with Crippen LogP contribution in [-0.4, -0.2) is 13.4 Å². The fraction of sp³-hybridized carbons (Fsp3) is 0.714. The summed E-state index contributed by atoms with van der Waals surface area (Å²) in [6.07, 6.45) is 2.20. The smallest absolute Gasteiger partial charge is 0.0919 e. The molecule has 0 radical (unpaired) electrons. The van der Waals surface area contributed by atoms with Crippen LogP contribution in [0.25, 0.3) is 0 Å². The fourth-order valence-electron chi connectivity index (χ4n) is 3.13. The molecule has 1 N–H and O–H groups in total. The van der Waals surface area contributed by atoms with Crippen LogP contribution in [0.2, 0.25) is 18.1 Å². The summed E-state index contributed by atoms with van der Waals surface area (Å²) in [5.74, 6) is 0. The predicted molar refractivity (Wildman–Crippen MR) is 105 cm³/mol. The first kappa shape index (κ1) is 19.7. The quantitative estimate of drug-likeness (QED) is 0.684. The molecule has 0 spiro atoms. The molecule has 3 heteroatoms. The first-order valence-electron chi connectivity index (χ1n) is 9.21. The van der Waals surface area contributed by atoms with Crippen molar-refractivity contribution in [2.45, 2.75) is 91.1 Å². The van der Waals surface area contributed by atoms with E-state index in [1.165, 1.54) is 11.1 Å². The zero-order valence-electron chi connectivity index (χ0n) is 17.1. The van der Waals surface area contributed by atoms with E-state index in [0.29, 0.717) is 0 Å². The Hall–Kier alpha value is -0.643. The van der Waals surface area contributed by atoms with Crippen LogP contribution in [0, 0.1) is 5.41 Å². The Kier molecular flexibility index (Phi) is 4.89. The van der Waals surface area contributed by atoms with Crippen LogP contribution in [-0.2, 0) is 16.4 Å². The molecule has 0 heterocycles. The Morgan fingerprint density at radius 1 is 1.04 bits per heavy atom. The molecule has 2 nitrogen and oxygen atoms in total. The lowest BCUT2D eigenvalue weighted by Gasteiger charge is -2.50. The summed E-state index contributed by atoms with van der Waals surface area (Å²) >= 11 is 0. The molecule has 1 aliphatic carbocycles. The van der Waals surface area contributed by atoms with Crippen LogP contribution >= 0.6 is 0 Å². The van der Waals surface area contributed by atoms with Crippen molar-refractivity contribution in [3.63, 3.8) is 0 Å². The maximum absolute atomic E-state index is 11.2. The van der Waals surface area contributed by atoms with Crippen molar-refractivity contribution < 1.29 is 9.53 Å². The zero-order valence-corrected chi connectivity index (χ0v) is 18.1. The molecular weight excluding hydrogens is 312 g/mol. The van der Waals surface area contributed by atoms with E-state index in [1.54, 1.807) is 0 Å². The molecule has 2 rings (SSSR count). The molecule has 1 aromatic carbocycles. The van der Waals surface area contributed by atoms with E-state index in [2.05, 4.69) is 72.8 Å². The van der Waals surface area contributed by atoms with Gasteiger partial charge in [0, 0.05) is 6.10 Å². The van der Waals surface area contributed by atoms with E-state index >= 15 is 0 Å². The molecule has 0 bridgehead atoms. The summed E-state index contributed by atoms with van der Waals surface area (Å²) in [6, 6.07) is 6.38. The SMILES string of the molecule is CC(C)(C)C(C)(O)c1cccc2c1CC[C@@H]2O[Si-](C)(C)C(C)(C)C. The Bertz CT molecular complexity index is 603. The zero-order chi connectivity index (χ0) is 18.6. The molecule has 0 fully saturated rings. The number of benzene rings is 1. The summed E-state index contributed by atoms with van der Waals surface area (Å²) in [6.45, 7) is 19.8. The standard InChI is InChI=1S/C21H36O2Si/c1-19(2,3)21(7,22)17-12-10-11-16-15(17)13-14-18(16)23-24(8,9)20(4,5)6/h10-12,18,22H,13-14H2,1-9H3/q-1/t18-,21?/m0/s1. The number of aliphatic hydroxyl groups is 1. The minimum absolute atomic E-state index is 0.177. The lowest BCUT2D eigenvalue weighted by Crippen LogP contribution is -2.41. The summed E-state index contributed by atoms with van der Waals surface area (Å²) in [7, 11) is -1.80. The van der Waals surface area contributed by atoms with Gasteiger partial charge in [0.15, 0.2) is 0 Å². The van der Waals surface area contributed by atoms with Gasteiger partial charge in [-0.25, -0.2) is 0 Å². The maximum atomic E-state index is 11.2. The van der Waals surface area contributed by atoms with Crippen molar-refractivity contribution in [1.82, 2.24) is 0 Å². The molecule has 0 aliphatic heterocycles. The van der Waals surface area contributed by atoms with Crippen molar-refractivity contribution in [3.8, 4) is 0 Å². The van der Waals surface area contributed by atoms with E-state index in [1.807, 2.05) is 6.92 Å². The Balaban J connectivity index is 2.40. The van der Waals surface area contributed by atoms with Crippen LogP contribution in [0.1, 0.15) is 77.7 Å². The number of rotatable bonds is 3. The van der Waals surface area contributed by atoms with Crippen LogP contribution in [0.15, 0.2) is 18.2 Å². The highest BCUT2D eigenvalue weighted by molar-refractivity contribution is 6.74. The topological polar surface area (TPSA) is 29.5 Å². The van der Waals surface area contributed by atoms with Crippen LogP contribution in [0.3, 0.4) is 0 Å². The first-order valence-corrected chi connectivity index (χ1v) is 12.1. The van der Waals surface area contributed by atoms with Gasteiger partial charge in [0.25, 0.3) is 0 Å². The molecule has 24 heavy (non-hydrogen) atoms. The predicted octanol–water partition coefficient (Wildman–Crippen LogP) is 5.95. The average molecular weight is 349 g/mol. The molecule has 2 atom stereocenters. The first-order chi connectivity index (χ1) is 10.7. The van der Waals surface area contributed by atoms with E-state index in [-0.39, 0.29) is 16.6 Å². The summed E-state index contributed by atoms with van der Waals surface area (Å²) in [5, 5.41) is 11.4. The Labute approximate surface area is 149 Å². The lowest BCUT2D eigenvalue weighted by atomic mass is 9.72. The molecule has 0 amide bonds. The van der Waals surface area contributed by atoms with Crippen molar-refractivity contribution in [2.24, 2.45) is 5.41 Å². The van der Waals surface area contributed by atoms with Gasteiger partial charge < -0.3 is 9.53 Å². The van der Waals surface area contributed by atoms with Gasteiger partial charge in [-0.05, 0) is 50.2 Å². The normalized spacial score (nSPS) is 21.5. The monoisotopic (exact) mass is 348 g/mol. The second-order valence-electron chi connectivity index (χ2n) is 10.1. The van der Waals surface area contributed by atoms with Gasteiger partial charge in [-0.1, -0.05) is 59.7 Å². The molecule has 1 aromatic rings. The molecule has 1 unspecified atom stereocenters. The fourth-order valence-corrected chi connectivity index (χ4v) is 4.44. The van der Waals surface area contributed by atoms with E-state index in [4.69, 9.17) is 4.43 Å². The highest BCUT2D eigenvalue weighted by atomic mass is 28.4. The molecular formula is C21H36O2Si-. The van der Waals surface area contributed by atoms with Gasteiger partial charge in [0.05, 0.1) is 5.60 Å². The second kappa shape index (κ2) is 5.96. The van der Waals surface area contributed by atoms with Crippen LogP contribution in [0.4, 0.5) is 0 Å². The highest BCUT2D eigenvalue weighted by Crippen LogP contribution is 2.47. The minimum atomic E-state index is -1.80. The second-order valence-corrected chi connectivity index (χ2v) is 14.9. The van der Waals surface area contributed by atoms with Crippen molar-refractivity contribution in [2.75, 3.05) is 0 Å². The highest BCUT2D eigenvalue weighted by Gasteiger charge is 2.40. The number of hydrogen-bond acceptors (Lipinski definition) is 2. The van der Waals surface area contributed by atoms with Gasteiger partial charge in [-0.2, -0.15) is 0 Å². The molecule has 1 aliphatic rings. The van der Waals surface area contributed by atoms with E-state index in [9.17, 15) is 5.11 Å². The van der Waals surface area contributed by atoms with Gasteiger partial charge >= 0.3 is 0 Å². The van der Waals surface area contributed by atoms with Gasteiger partial charge in [-0.15, -0.1) is 18.1 Å². The van der Waals surface area contributed by atoms with Gasteiger partial charge in [0.1, 0.15) is 0 Å². The van der Waals surface area contributed by atoms with Crippen LogP contribution < -0.4 is 0 Å². The number of hydrogen-bond donors (Lipinski definition) is 1. The molecule has 0 aromatic heterocycles. The molecule has 137 valence electrons. The Morgan fingerprint density at radius 2 is 1.62 bits per heavy atom.